The van der Waals surface area contributed by atoms with Crippen LogP contribution >= 0.6 is 23.4 Å². The molecule has 0 unspecified atom stereocenters. The third-order valence-corrected chi connectivity index (χ3v) is 3.83. The van der Waals surface area contributed by atoms with Crippen LogP contribution in [0.3, 0.4) is 0 Å². The van der Waals surface area contributed by atoms with Gasteiger partial charge in [0.25, 0.3) is 0 Å². The van der Waals surface area contributed by atoms with Crippen LogP contribution < -0.4 is 5.32 Å². The van der Waals surface area contributed by atoms with Gasteiger partial charge in [0, 0.05) is 28.3 Å². The number of rotatable bonds is 6. The Morgan fingerprint density at radius 1 is 1.50 bits per heavy atom. The van der Waals surface area contributed by atoms with Gasteiger partial charge in [0.1, 0.15) is 0 Å². The molecule has 0 aromatic heterocycles. The summed E-state index contributed by atoms with van der Waals surface area (Å²) in [6.07, 6.45) is 2.66. The molecule has 0 radical (unpaired) electrons. The summed E-state index contributed by atoms with van der Waals surface area (Å²) in [4.78, 5) is 1.21. The van der Waals surface area contributed by atoms with E-state index >= 15 is 0 Å². The number of benzene rings is 1. The molecule has 0 amide bonds. The Bertz CT molecular complexity index is 374. The van der Waals surface area contributed by atoms with E-state index in [-0.39, 0.29) is 0 Å². The lowest BCUT2D eigenvalue weighted by molar-refractivity contribution is 0.736. The van der Waals surface area contributed by atoms with Crippen LogP contribution in [0.5, 0.6) is 0 Å². The molecule has 1 saturated carbocycles. The Morgan fingerprint density at radius 3 is 3.00 bits per heavy atom. The molecule has 1 N–H and O–H groups in total. The fraction of sp³-hybridized carbons (Fsp3) is 0.385. The minimum absolute atomic E-state index is 0.757. The molecular formula is C13H16ClNS. The molecule has 1 nitrogen and oxygen atoms in total. The Labute approximate surface area is 106 Å². The fourth-order valence-electron chi connectivity index (χ4n) is 1.37. The monoisotopic (exact) mass is 253 g/mol. The SMILES string of the molecule is C=C(CNC1CC1)CSc1cccc(Cl)c1. The van der Waals surface area contributed by atoms with Gasteiger partial charge in [-0.25, -0.2) is 0 Å². The lowest BCUT2D eigenvalue weighted by atomic mass is 10.3. The third kappa shape index (κ3) is 4.20. The molecule has 1 aliphatic carbocycles. The second-order valence-electron chi connectivity index (χ2n) is 4.15. The highest BCUT2D eigenvalue weighted by Crippen LogP contribution is 2.23. The van der Waals surface area contributed by atoms with Crippen molar-refractivity contribution in [2.75, 3.05) is 12.3 Å². The highest BCUT2D eigenvalue weighted by atomic mass is 35.5. The van der Waals surface area contributed by atoms with Crippen molar-refractivity contribution in [2.24, 2.45) is 0 Å². The van der Waals surface area contributed by atoms with E-state index in [1.165, 1.54) is 23.3 Å². The van der Waals surface area contributed by atoms with Gasteiger partial charge < -0.3 is 5.32 Å². The van der Waals surface area contributed by atoms with E-state index in [0.29, 0.717) is 0 Å². The van der Waals surface area contributed by atoms with Crippen LogP contribution in [0.2, 0.25) is 5.02 Å². The molecule has 3 heteroatoms. The molecule has 0 aliphatic heterocycles. The first kappa shape index (κ1) is 12.0. The van der Waals surface area contributed by atoms with E-state index < -0.39 is 0 Å². The normalized spacial score (nSPS) is 15.1. The summed E-state index contributed by atoms with van der Waals surface area (Å²) in [5.74, 6) is 0.958. The number of halogens is 1. The van der Waals surface area contributed by atoms with E-state index in [4.69, 9.17) is 11.6 Å². The fourth-order valence-corrected chi connectivity index (χ4v) is 2.48. The minimum Gasteiger partial charge on any atom is -0.310 e. The molecular weight excluding hydrogens is 238 g/mol. The summed E-state index contributed by atoms with van der Waals surface area (Å²) >= 11 is 7.71. The van der Waals surface area contributed by atoms with Crippen LogP contribution in [0.25, 0.3) is 0 Å². The minimum atomic E-state index is 0.757. The van der Waals surface area contributed by atoms with Crippen LogP contribution in [0, 0.1) is 0 Å². The first-order valence-corrected chi connectivity index (χ1v) is 6.89. The maximum absolute atomic E-state index is 5.92. The Morgan fingerprint density at radius 2 is 2.31 bits per heavy atom. The molecule has 86 valence electrons. The Kier molecular flexibility index (Phi) is 4.33. The second-order valence-corrected chi connectivity index (χ2v) is 5.64. The van der Waals surface area contributed by atoms with Gasteiger partial charge in [0.05, 0.1) is 0 Å². The van der Waals surface area contributed by atoms with Gasteiger partial charge in [-0.3, -0.25) is 0 Å². The number of nitrogens with one attached hydrogen (secondary N) is 1. The Hall–Kier alpha value is -0.440. The van der Waals surface area contributed by atoms with Crippen LogP contribution in [-0.2, 0) is 0 Å². The van der Waals surface area contributed by atoms with Crippen molar-refractivity contribution < 1.29 is 0 Å². The lowest BCUT2D eigenvalue weighted by Gasteiger charge is -2.06. The largest absolute Gasteiger partial charge is 0.310 e. The molecule has 0 atom stereocenters. The third-order valence-electron chi connectivity index (χ3n) is 2.46. The highest BCUT2D eigenvalue weighted by Gasteiger charge is 2.19. The van der Waals surface area contributed by atoms with Gasteiger partial charge in [-0.2, -0.15) is 0 Å². The van der Waals surface area contributed by atoms with Crippen molar-refractivity contribution >= 4 is 23.4 Å². The van der Waals surface area contributed by atoms with Crippen molar-refractivity contribution in [1.82, 2.24) is 5.32 Å². The summed E-state index contributed by atoms with van der Waals surface area (Å²) in [6, 6.07) is 8.71. The van der Waals surface area contributed by atoms with Gasteiger partial charge in [0.15, 0.2) is 0 Å². The van der Waals surface area contributed by atoms with Crippen LogP contribution in [-0.4, -0.2) is 18.3 Å². The van der Waals surface area contributed by atoms with Crippen molar-refractivity contribution in [1.29, 1.82) is 0 Å². The summed E-state index contributed by atoms with van der Waals surface area (Å²) in [5, 5.41) is 4.26. The lowest BCUT2D eigenvalue weighted by Crippen LogP contribution is -2.19. The molecule has 1 fully saturated rings. The van der Waals surface area contributed by atoms with E-state index in [1.54, 1.807) is 11.8 Å². The standard InChI is InChI=1S/C13H16ClNS/c1-10(8-15-12-5-6-12)9-16-13-4-2-3-11(14)7-13/h2-4,7,12,15H,1,5-6,8-9H2. The highest BCUT2D eigenvalue weighted by molar-refractivity contribution is 7.99. The van der Waals surface area contributed by atoms with Crippen LogP contribution in [0.4, 0.5) is 0 Å². The quantitative estimate of drug-likeness (QED) is 0.612. The van der Waals surface area contributed by atoms with Crippen molar-refractivity contribution in [3.05, 3.63) is 41.4 Å². The van der Waals surface area contributed by atoms with Gasteiger partial charge in [0.2, 0.25) is 0 Å². The predicted molar refractivity (Wildman–Crippen MR) is 72.3 cm³/mol. The summed E-state index contributed by atoms with van der Waals surface area (Å²) in [7, 11) is 0. The van der Waals surface area contributed by atoms with E-state index in [2.05, 4.69) is 18.0 Å². The van der Waals surface area contributed by atoms with Gasteiger partial charge in [-0.1, -0.05) is 29.8 Å². The molecule has 1 aliphatic rings. The van der Waals surface area contributed by atoms with Gasteiger partial charge >= 0.3 is 0 Å². The average molecular weight is 254 g/mol. The van der Waals surface area contributed by atoms with E-state index in [9.17, 15) is 0 Å². The summed E-state index contributed by atoms with van der Waals surface area (Å²) < 4.78 is 0. The zero-order valence-electron chi connectivity index (χ0n) is 9.21. The molecule has 0 heterocycles. The topological polar surface area (TPSA) is 12.0 Å². The summed E-state index contributed by atoms with van der Waals surface area (Å²) in [6.45, 7) is 5.02. The van der Waals surface area contributed by atoms with Crippen molar-refractivity contribution in [3.8, 4) is 0 Å². The zero-order chi connectivity index (χ0) is 11.4. The molecule has 1 aromatic carbocycles. The molecule has 16 heavy (non-hydrogen) atoms. The van der Waals surface area contributed by atoms with E-state index in [0.717, 1.165) is 23.4 Å². The molecule has 0 spiro atoms. The number of thioether (sulfide) groups is 1. The maximum Gasteiger partial charge on any atom is 0.0417 e. The van der Waals surface area contributed by atoms with Gasteiger partial charge in [-0.15, -0.1) is 11.8 Å². The smallest absolute Gasteiger partial charge is 0.0417 e. The van der Waals surface area contributed by atoms with Crippen LogP contribution in [0.15, 0.2) is 41.3 Å². The average Bonchev–Trinajstić information content (AvgIpc) is 3.07. The zero-order valence-corrected chi connectivity index (χ0v) is 10.8. The van der Waals surface area contributed by atoms with Gasteiger partial charge in [-0.05, 0) is 31.0 Å². The van der Waals surface area contributed by atoms with Crippen molar-refractivity contribution in [2.45, 2.75) is 23.8 Å². The Balaban J connectivity index is 1.71. The molecule has 0 bridgehead atoms. The number of hydrogen-bond acceptors (Lipinski definition) is 2. The van der Waals surface area contributed by atoms with E-state index in [1.807, 2.05) is 18.2 Å². The first-order chi connectivity index (χ1) is 7.74. The van der Waals surface area contributed by atoms with Crippen LogP contribution in [0.1, 0.15) is 12.8 Å². The maximum atomic E-state index is 5.92. The molecule has 0 saturated heterocycles. The van der Waals surface area contributed by atoms with Crippen molar-refractivity contribution in [3.63, 3.8) is 0 Å². The predicted octanol–water partition coefficient (Wildman–Crippen LogP) is 3.74. The first-order valence-electron chi connectivity index (χ1n) is 5.52. The summed E-state index contributed by atoms with van der Waals surface area (Å²) in [5.41, 5.74) is 1.25. The second kappa shape index (κ2) is 5.76. The molecule has 2 rings (SSSR count). The molecule has 1 aromatic rings. The number of hydrogen-bond donors (Lipinski definition) is 1.